The summed E-state index contributed by atoms with van der Waals surface area (Å²) in [7, 11) is 0. The van der Waals surface area contributed by atoms with Crippen LogP contribution in [0, 0.1) is 0 Å². The average molecular weight is 439 g/mol. The number of aromatic nitrogens is 3. The monoisotopic (exact) mass is 438 g/mol. The largest absolute Gasteiger partial charge is 0.416 e. The highest BCUT2D eigenvalue weighted by atomic mass is 32.2. The molecule has 10 heteroatoms. The number of nitrogens with zero attached hydrogens (tertiary/aromatic N) is 3. The molecule has 1 saturated carbocycles. The van der Waals surface area contributed by atoms with E-state index in [0.717, 1.165) is 30.8 Å². The van der Waals surface area contributed by atoms with E-state index < -0.39 is 11.7 Å². The lowest BCUT2D eigenvalue weighted by molar-refractivity contribution is -0.137. The number of carbonyl (C=O) groups excluding carboxylic acids is 1. The minimum Gasteiger partial charge on any atom is -0.325 e. The van der Waals surface area contributed by atoms with Gasteiger partial charge in [-0.15, -0.1) is 21.5 Å². The van der Waals surface area contributed by atoms with Gasteiger partial charge in [0.2, 0.25) is 5.91 Å². The second-order valence-corrected chi connectivity index (χ2v) is 8.65. The van der Waals surface area contributed by atoms with Crippen LogP contribution in [0.3, 0.4) is 0 Å². The van der Waals surface area contributed by atoms with Gasteiger partial charge in [-0.05, 0) is 42.5 Å². The molecule has 0 unspecified atom stereocenters. The molecule has 0 aliphatic heterocycles. The number of anilines is 1. The van der Waals surface area contributed by atoms with Crippen LogP contribution in [0.4, 0.5) is 18.9 Å². The summed E-state index contributed by atoms with van der Waals surface area (Å²) < 4.78 is 40.5. The van der Waals surface area contributed by atoms with Gasteiger partial charge in [0.05, 0.1) is 11.3 Å². The van der Waals surface area contributed by atoms with Crippen LogP contribution in [0.1, 0.15) is 35.1 Å². The molecule has 3 aromatic rings. The van der Waals surface area contributed by atoms with Crippen LogP contribution in [0.5, 0.6) is 0 Å². The molecule has 1 amide bonds. The summed E-state index contributed by atoms with van der Waals surface area (Å²) in [5.74, 6) is 0.523. The van der Waals surface area contributed by atoms with Gasteiger partial charge in [-0.3, -0.25) is 4.79 Å². The fourth-order valence-corrected chi connectivity index (χ4v) is 4.42. The van der Waals surface area contributed by atoms with Crippen LogP contribution in [0.15, 0.2) is 46.9 Å². The molecule has 1 aromatic carbocycles. The van der Waals surface area contributed by atoms with Gasteiger partial charge in [-0.2, -0.15) is 13.2 Å². The third-order valence-electron chi connectivity index (χ3n) is 4.37. The number of carbonyl (C=O) groups is 1. The number of amides is 1. The molecule has 0 saturated heterocycles. The van der Waals surface area contributed by atoms with E-state index in [4.69, 9.17) is 0 Å². The summed E-state index contributed by atoms with van der Waals surface area (Å²) in [6.07, 6.45) is -1.65. The van der Waals surface area contributed by atoms with Crippen molar-refractivity contribution in [1.29, 1.82) is 0 Å². The Hall–Kier alpha value is -2.33. The van der Waals surface area contributed by atoms with Crippen molar-refractivity contribution in [2.75, 3.05) is 11.1 Å². The molecule has 2 aromatic heterocycles. The van der Waals surface area contributed by atoms with Gasteiger partial charge in [0, 0.05) is 23.0 Å². The average Bonchev–Trinajstić information content (AvgIpc) is 3.22. The lowest BCUT2D eigenvalue weighted by atomic mass is 10.2. The van der Waals surface area contributed by atoms with Crippen molar-refractivity contribution in [3.63, 3.8) is 0 Å². The summed E-state index contributed by atoms with van der Waals surface area (Å²) in [4.78, 5) is 13.4. The highest BCUT2D eigenvalue weighted by Gasteiger charge is 2.31. The van der Waals surface area contributed by atoms with Crippen molar-refractivity contribution in [1.82, 2.24) is 14.8 Å². The Bertz CT molecular complexity index is 997. The van der Waals surface area contributed by atoms with Gasteiger partial charge in [0.1, 0.15) is 5.82 Å². The van der Waals surface area contributed by atoms with Crippen LogP contribution in [0.25, 0.3) is 0 Å². The zero-order valence-electron chi connectivity index (χ0n) is 15.1. The normalized spacial score (nSPS) is 14.2. The summed E-state index contributed by atoms with van der Waals surface area (Å²) in [6, 6.07) is 8.99. The van der Waals surface area contributed by atoms with Gasteiger partial charge < -0.3 is 9.88 Å². The molecular formula is C19H17F3N4OS2. The molecule has 0 bridgehead atoms. The molecule has 1 aliphatic rings. The molecule has 29 heavy (non-hydrogen) atoms. The highest BCUT2D eigenvalue weighted by molar-refractivity contribution is 7.99. The Morgan fingerprint density at radius 3 is 2.76 bits per heavy atom. The number of hydrogen-bond donors (Lipinski definition) is 1. The Morgan fingerprint density at radius 2 is 2.07 bits per heavy atom. The minimum atomic E-state index is -4.45. The van der Waals surface area contributed by atoms with Crippen molar-refractivity contribution < 1.29 is 18.0 Å². The number of nitrogens with one attached hydrogen (secondary N) is 1. The predicted molar refractivity (Wildman–Crippen MR) is 106 cm³/mol. The lowest BCUT2D eigenvalue weighted by Crippen LogP contribution is -2.15. The Morgan fingerprint density at radius 1 is 1.24 bits per heavy atom. The fourth-order valence-electron chi connectivity index (χ4n) is 2.90. The van der Waals surface area contributed by atoms with E-state index in [-0.39, 0.29) is 17.3 Å². The maximum absolute atomic E-state index is 12.8. The molecule has 1 N–H and O–H groups in total. The Balaban J connectivity index is 1.40. The maximum Gasteiger partial charge on any atom is 0.416 e. The van der Waals surface area contributed by atoms with E-state index in [1.54, 1.807) is 11.3 Å². The summed E-state index contributed by atoms with van der Waals surface area (Å²) in [5, 5.41) is 13.7. The van der Waals surface area contributed by atoms with Gasteiger partial charge in [0.15, 0.2) is 5.16 Å². The predicted octanol–water partition coefficient (Wildman–Crippen LogP) is 5.01. The number of rotatable bonds is 7. The number of alkyl halides is 3. The lowest BCUT2D eigenvalue weighted by Gasteiger charge is -2.10. The first-order chi connectivity index (χ1) is 13.9. The first kappa shape index (κ1) is 20.0. The number of hydrogen-bond acceptors (Lipinski definition) is 5. The third kappa shape index (κ3) is 4.99. The Kier molecular flexibility index (Phi) is 5.64. The van der Waals surface area contributed by atoms with Gasteiger partial charge in [-0.1, -0.05) is 23.9 Å². The Labute approximate surface area is 173 Å². The van der Waals surface area contributed by atoms with Crippen molar-refractivity contribution in [2.45, 2.75) is 36.6 Å². The van der Waals surface area contributed by atoms with E-state index in [1.165, 1.54) is 28.8 Å². The van der Waals surface area contributed by atoms with Crippen molar-refractivity contribution in [3.8, 4) is 0 Å². The zero-order valence-corrected chi connectivity index (χ0v) is 16.8. The van der Waals surface area contributed by atoms with Crippen molar-refractivity contribution in [2.24, 2.45) is 0 Å². The van der Waals surface area contributed by atoms with Crippen molar-refractivity contribution >= 4 is 34.7 Å². The molecule has 5 nitrogen and oxygen atoms in total. The van der Waals surface area contributed by atoms with Crippen LogP contribution in [0.2, 0.25) is 0 Å². The van der Waals surface area contributed by atoms with Crippen molar-refractivity contribution in [3.05, 3.63) is 58.0 Å². The van der Waals surface area contributed by atoms with E-state index in [0.29, 0.717) is 17.6 Å². The third-order valence-corrected chi connectivity index (χ3v) is 6.19. The smallest absolute Gasteiger partial charge is 0.325 e. The topological polar surface area (TPSA) is 59.8 Å². The number of halogens is 3. The number of thiophene rings is 1. The second-order valence-electron chi connectivity index (χ2n) is 6.67. The summed E-state index contributed by atoms with van der Waals surface area (Å²) in [6.45, 7) is 0. The quantitative estimate of drug-likeness (QED) is 0.527. The van der Waals surface area contributed by atoms with E-state index >= 15 is 0 Å². The molecule has 0 spiro atoms. The first-order valence-electron chi connectivity index (χ1n) is 8.96. The molecule has 152 valence electrons. The highest BCUT2D eigenvalue weighted by Crippen LogP contribution is 2.39. The van der Waals surface area contributed by atoms with Crippen LogP contribution < -0.4 is 5.32 Å². The molecule has 0 radical (unpaired) electrons. The van der Waals surface area contributed by atoms with Gasteiger partial charge >= 0.3 is 6.18 Å². The molecular weight excluding hydrogens is 421 g/mol. The molecule has 1 fully saturated rings. The van der Waals surface area contributed by atoms with Gasteiger partial charge in [0.25, 0.3) is 0 Å². The van der Waals surface area contributed by atoms with E-state index in [9.17, 15) is 18.0 Å². The van der Waals surface area contributed by atoms with Crippen LogP contribution in [-0.4, -0.2) is 26.4 Å². The molecule has 1 aliphatic carbocycles. The standard InChI is InChI=1S/C19H17F3N4OS2/c20-19(21,22)12-3-1-4-13(9-12)23-17(27)11-29-18-25-24-16(26(18)14-6-7-14)10-15-5-2-8-28-15/h1-5,8-9,14H,6-7,10-11H2,(H,23,27). The molecule has 4 rings (SSSR count). The summed E-state index contributed by atoms with van der Waals surface area (Å²) in [5.41, 5.74) is -0.679. The first-order valence-corrected chi connectivity index (χ1v) is 10.8. The number of benzene rings is 1. The molecule has 2 heterocycles. The SMILES string of the molecule is O=C(CSc1nnc(Cc2cccs2)n1C1CC1)Nc1cccc(C(F)(F)F)c1. The number of thioether (sulfide) groups is 1. The minimum absolute atomic E-state index is 0.0418. The maximum atomic E-state index is 12.8. The zero-order chi connectivity index (χ0) is 20.4. The van der Waals surface area contributed by atoms with E-state index in [1.807, 2.05) is 17.5 Å². The van der Waals surface area contributed by atoms with Crippen LogP contribution >= 0.6 is 23.1 Å². The second kappa shape index (κ2) is 8.19. The van der Waals surface area contributed by atoms with Crippen LogP contribution in [-0.2, 0) is 17.4 Å². The summed E-state index contributed by atoms with van der Waals surface area (Å²) >= 11 is 2.90. The fraction of sp³-hybridized carbons (Fsp3) is 0.316. The van der Waals surface area contributed by atoms with E-state index in [2.05, 4.69) is 20.1 Å². The van der Waals surface area contributed by atoms with Gasteiger partial charge in [-0.25, -0.2) is 0 Å². The molecule has 0 atom stereocenters.